The second kappa shape index (κ2) is 38.6. The molecule has 2 atom stereocenters. The number of carbonyl (C=O) groups is 3. The predicted octanol–water partition coefficient (Wildman–Crippen LogP) is 10.3. The minimum Gasteiger partial charge on any atom is -0.545 e. The predicted molar refractivity (Wildman–Crippen MR) is 223 cm³/mol. The molecule has 0 saturated carbocycles. The number of hydrogen-bond donors (Lipinski definition) is 0. The van der Waals surface area contributed by atoms with Crippen LogP contribution in [0.2, 0.25) is 0 Å². The fraction of sp³-hybridized carbons (Fsp3) is 0.848. The molecule has 0 rings (SSSR count). The van der Waals surface area contributed by atoms with Gasteiger partial charge < -0.3 is 33.3 Å². The summed E-state index contributed by atoms with van der Waals surface area (Å²) in [4.78, 5) is 36.9. The topological polar surface area (TPSA) is 111 Å². The molecule has 0 spiro atoms. The van der Waals surface area contributed by atoms with Crippen LogP contribution in [-0.2, 0) is 33.3 Å². The molecular weight excluding hydrogens is 695 g/mol. The number of quaternary nitrogens is 1. The van der Waals surface area contributed by atoms with Crippen molar-refractivity contribution < 1.29 is 42.9 Å². The van der Waals surface area contributed by atoms with Crippen molar-refractivity contribution in [1.82, 2.24) is 0 Å². The highest BCUT2D eigenvalue weighted by Crippen LogP contribution is 2.13. The number of ether oxygens (including phenoxy) is 4. The molecule has 0 N–H and O–H groups in total. The van der Waals surface area contributed by atoms with Crippen LogP contribution in [0, 0.1) is 0 Å². The summed E-state index contributed by atoms with van der Waals surface area (Å²) in [6.07, 6.45) is 37.7. The number of nitrogens with zero attached hydrogens (tertiary/aromatic N) is 1. The summed E-state index contributed by atoms with van der Waals surface area (Å²) < 4.78 is 22.5. The zero-order valence-electron chi connectivity index (χ0n) is 36.3. The third kappa shape index (κ3) is 39.8. The van der Waals surface area contributed by atoms with Crippen LogP contribution in [-0.4, -0.2) is 82.3 Å². The SMILES string of the molecule is CCCCCCCC/C=C\CCCCCCCC(=O)OCC(COC(OCC[N+](C)(C)C)C(=O)[O-])OC(=O)CCCCCCC/C=C\CCCCCCCC. The van der Waals surface area contributed by atoms with Crippen LogP contribution in [0.1, 0.15) is 194 Å². The quantitative estimate of drug-likeness (QED) is 0.0198. The Balaban J connectivity index is 4.46. The maximum absolute atomic E-state index is 12.7. The van der Waals surface area contributed by atoms with Crippen LogP contribution in [0.25, 0.3) is 0 Å². The molecule has 0 aromatic rings. The summed E-state index contributed by atoms with van der Waals surface area (Å²) >= 11 is 0. The Labute approximate surface area is 337 Å². The molecule has 9 heteroatoms. The Morgan fingerprint density at radius 2 is 0.927 bits per heavy atom. The highest BCUT2D eigenvalue weighted by Gasteiger charge is 2.21. The van der Waals surface area contributed by atoms with Gasteiger partial charge in [-0.2, -0.15) is 0 Å². The molecule has 0 radical (unpaired) electrons. The minimum absolute atomic E-state index is 0.146. The second-order valence-corrected chi connectivity index (χ2v) is 16.3. The summed E-state index contributed by atoms with van der Waals surface area (Å²) in [6.45, 7) is 4.71. The Kier molecular flexibility index (Phi) is 37.1. The number of esters is 2. The molecule has 0 heterocycles. The van der Waals surface area contributed by atoms with E-state index in [1.807, 2.05) is 21.1 Å². The number of carboxylic acids is 1. The first-order chi connectivity index (χ1) is 26.6. The Morgan fingerprint density at radius 1 is 0.527 bits per heavy atom. The molecule has 0 amide bonds. The highest BCUT2D eigenvalue weighted by atomic mass is 16.7. The average molecular weight is 780 g/mol. The van der Waals surface area contributed by atoms with Crippen molar-refractivity contribution in [2.45, 2.75) is 206 Å². The number of rotatable bonds is 41. The molecule has 0 aromatic heterocycles. The van der Waals surface area contributed by atoms with Gasteiger partial charge in [0.25, 0.3) is 0 Å². The molecule has 0 aliphatic carbocycles. The van der Waals surface area contributed by atoms with Gasteiger partial charge in [-0.05, 0) is 64.2 Å². The van der Waals surface area contributed by atoms with Crippen LogP contribution in [0.4, 0.5) is 0 Å². The normalized spacial score (nSPS) is 13.1. The molecule has 322 valence electrons. The molecule has 0 aliphatic rings. The van der Waals surface area contributed by atoms with E-state index >= 15 is 0 Å². The molecular formula is C46H85NO8. The lowest BCUT2D eigenvalue weighted by Crippen LogP contribution is -2.44. The van der Waals surface area contributed by atoms with E-state index in [0.717, 1.165) is 70.6 Å². The number of allylic oxidation sites excluding steroid dienone is 4. The number of likely N-dealkylation sites (N-methyl/N-ethyl adjacent to an activating group) is 1. The molecule has 9 nitrogen and oxygen atoms in total. The van der Waals surface area contributed by atoms with E-state index in [4.69, 9.17) is 18.9 Å². The summed E-state index contributed by atoms with van der Waals surface area (Å²) in [5.74, 6) is -2.30. The number of carboxylic acid groups (broad SMARTS) is 1. The number of hydrogen-bond acceptors (Lipinski definition) is 8. The van der Waals surface area contributed by atoms with Gasteiger partial charge in [-0.3, -0.25) is 9.59 Å². The van der Waals surface area contributed by atoms with Crippen LogP contribution in [0.15, 0.2) is 24.3 Å². The molecule has 0 bridgehead atoms. The summed E-state index contributed by atoms with van der Waals surface area (Å²) in [7, 11) is 5.90. The third-order valence-electron chi connectivity index (χ3n) is 9.67. The van der Waals surface area contributed by atoms with Gasteiger partial charge in [0.2, 0.25) is 0 Å². The van der Waals surface area contributed by atoms with E-state index in [0.29, 0.717) is 17.4 Å². The van der Waals surface area contributed by atoms with Crippen LogP contribution in [0.3, 0.4) is 0 Å². The molecule has 2 unspecified atom stereocenters. The number of carbonyl (C=O) groups excluding carboxylic acids is 3. The number of unbranched alkanes of at least 4 members (excludes halogenated alkanes) is 22. The zero-order chi connectivity index (χ0) is 40.7. The van der Waals surface area contributed by atoms with E-state index < -0.39 is 24.3 Å². The fourth-order valence-electron chi connectivity index (χ4n) is 6.11. The van der Waals surface area contributed by atoms with Gasteiger partial charge in [0, 0.05) is 12.8 Å². The standard InChI is InChI=1S/C46H85NO8/c1-6-8-10-12-14-16-18-20-22-24-26-28-30-32-34-36-43(48)53-40-42(41-54-46(45(50)51)52-39-38-47(3,4)5)55-44(49)37-35-33-31-29-27-25-23-21-19-17-15-13-11-9-7-2/h20-23,42,46H,6-19,24-41H2,1-5H3/b22-20-,23-21-. The van der Waals surface area contributed by atoms with Crippen LogP contribution >= 0.6 is 0 Å². The van der Waals surface area contributed by atoms with E-state index in [1.165, 1.54) is 89.9 Å². The van der Waals surface area contributed by atoms with E-state index in [9.17, 15) is 19.5 Å². The van der Waals surface area contributed by atoms with Gasteiger partial charge >= 0.3 is 11.9 Å². The van der Waals surface area contributed by atoms with Gasteiger partial charge in [-0.1, -0.05) is 141 Å². The molecule has 0 fully saturated rings. The van der Waals surface area contributed by atoms with Gasteiger partial charge in [-0.15, -0.1) is 0 Å². The Morgan fingerprint density at radius 3 is 1.35 bits per heavy atom. The van der Waals surface area contributed by atoms with Gasteiger partial charge in [0.1, 0.15) is 13.2 Å². The van der Waals surface area contributed by atoms with Gasteiger partial charge in [-0.25, -0.2) is 0 Å². The molecule has 55 heavy (non-hydrogen) atoms. The maximum Gasteiger partial charge on any atom is 0.306 e. The van der Waals surface area contributed by atoms with E-state index in [1.54, 1.807) is 0 Å². The fourth-order valence-corrected chi connectivity index (χ4v) is 6.11. The molecule has 0 saturated heterocycles. The lowest BCUT2D eigenvalue weighted by molar-refractivity contribution is -0.870. The van der Waals surface area contributed by atoms with Crippen molar-refractivity contribution in [1.29, 1.82) is 0 Å². The largest absolute Gasteiger partial charge is 0.545 e. The zero-order valence-corrected chi connectivity index (χ0v) is 36.3. The van der Waals surface area contributed by atoms with E-state index in [2.05, 4.69) is 38.2 Å². The summed E-state index contributed by atoms with van der Waals surface area (Å²) in [5.41, 5.74) is 0. The summed E-state index contributed by atoms with van der Waals surface area (Å²) in [6, 6.07) is 0. The Hall–Kier alpha value is -2.23. The first-order valence-corrected chi connectivity index (χ1v) is 22.5. The van der Waals surface area contributed by atoms with E-state index in [-0.39, 0.29) is 38.6 Å². The monoisotopic (exact) mass is 780 g/mol. The van der Waals surface area contributed by atoms with Crippen LogP contribution in [0.5, 0.6) is 0 Å². The van der Waals surface area contributed by atoms with Gasteiger partial charge in [0.15, 0.2) is 12.4 Å². The van der Waals surface area contributed by atoms with Crippen LogP contribution < -0.4 is 5.11 Å². The first-order valence-electron chi connectivity index (χ1n) is 22.5. The molecule has 0 aromatic carbocycles. The van der Waals surface area contributed by atoms with Crippen molar-refractivity contribution in [3.8, 4) is 0 Å². The second-order valence-electron chi connectivity index (χ2n) is 16.3. The first kappa shape index (κ1) is 52.8. The van der Waals surface area contributed by atoms with Crippen molar-refractivity contribution in [2.24, 2.45) is 0 Å². The lowest BCUT2D eigenvalue weighted by atomic mass is 10.1. The maximum atomic E-state index is 12.7. The minimum atomic E-state index is -1.62. The average Bonchev–Trinajstić information content (AvgIpc) is 3.14. The Bertz CT molecular complexity index is 960. The van der Waals surface area contributed by atoms with Crippen molar-refractivity contribution in [2.75, 3.05) is 47.5 Å². The van der Waals surface area contributed by atoms with Crippen molar-refractivity contribution in [3.05, 3.63) is 24.3 Å². The molecule has 0 aliphatic heterocycles. The van der Waals surface area contributed by atoms with Gasteiger partial charge in [0.05, 0.1) is 40.3 Å². The van der Waals surface area contributed by atoms with Crippen molar-refractivity contribution >= 4 is 17.9 Å². The number of aliphatic carboxylic acids is 1. The summed E-state index contributed by atoms with van der Waals surface area (Å²) in [5, 5.41) is 11.7. The lowest BCUT2D eigenvalue weighted by Gasteiger charge is -2.26. The van der Waals surface area contributed by atoms with Crippen molar-refractivity contribution in [3.63, 3.8) is 0 Å². The smallest absolute Gasteiger partial charge is 0.306 e. The highest BCUT2D eigenvalue weighted by molar-refractivity contribution is 5.70. The third-order valence-corrected chi connectivity index (χ3v) is 9.67.